The molecule has 0 aromatic carbocycles. The van der Waals surface area contributed by atoms with Gasteiger partial charge in [-0.1, -0.05) is 290 Å². The molecule has 0 aliphatic carbocycles. The summed E-state index contributed by atoms with van der Waals surface area (Å²) in [6.07, 6.45) is 95.2. The first-order chi connectivity index (χ1) is 40.0. The number of carbonyl (C=O) groups excluding carboxylic acids is 3. The van der Waals surface area contributed by atoms with Gasteiger partial charge in [-0.25, -0.2) is 0 Å². The van der Waals surface area contributed by atoms with Gasteiger partial charge in [-0.15, -0.1) is 0 Å². The van der Waals surface area contributed by atoms with Gasteiger partial charge in [0.2, 0.25) is 0 Å². The van der Waals surface area contributed by atoms with Gasteiger partial charge in [0.25, 0.3) is 0 Å². The molecule has 0 amide bonds. The van der Waals surface area contributed by atoms with Crippen molar-refractivity contribution in [3.8, 4) is 0 Å². The van der Waals surface area contributed by atoms with Gasteiger partial charge in [0.05, 0.1) is 0 Å². The van der Waals surface area contributed by atoms with Gasteiger partial charge in [-0.05, 0) is 128 Å². The van der Waals surface area contributed by atoms with E-state index in [0.29, 0.717) is 19.3 Å². The summed E-state index contributed by atoms with van der Waals surface area (Å²) >= 11 is 0. The maximum Gasteiger partial charge on any atom is 0.306 e. The van der Waals surface area contributed by atoms with Crippen molar-refractivity contribution >= 4 is 17.9 Å². The molecule has 0 fully saturated rings. The lowest BCUT2D eigenvalue weighted by Gasteiger charge is -2.18. The minimum atomic E-state index is -0.796. The standard InChI is InChI=1S/C75H126O6/c1-4-7-10-13-16-19-22-25-27-29-30-31-32-33-34-35-36-37-38-39-40-41-42-43-44-46-47-50-53-56-59-62-65-68-74(77)80-71-72(70-79-73(76)67-64-61-58-55-52-49-24-21-18-15-12-9-6-3)81-75(78)69-66-63-60-57-54-51-48-45-28-26-23-20-17-14-11-8-5-2/h7,9-10,12,16-21,25-28,30-31,33-34,49,52,72H,4-6,8,11,13-15,22-24,29,32,35-48,50-51,53-71H2,1-3H3/b10-7-,12-9-,19-16-,20-17-,21-18-,27-25-,28-26-,31-30-,34-33-,52-49-. The van der Waals surface area contributed by atoms with Crippen molar-refractivity contribution < 1.29 is 28.6 Å². The number of esters is 3. The third-order valence-corrected chi connectivity index (χ3v) is 14.4. The van der Waals surface area contributed by atoms with E-state index in [1.54, 1.807) is 0 Å². The molecule has 0 heterocycles. The number of hydrogen-bond acceptors (Lipinski definition) is 6. The zero-order valence-corrected chi connectivity index (χ0v) is 53.0. The fraction of sp³-hybridized carbons (Fsp3) is 0.693. The summed E-state index contributed by atoms with van der Waals surface area (Å²) < 4.78 is 16.9. The smallest absolute Gasteiger partial charge is 0.306 e. The van der Waals surface area contributed by atoms with E-state index in [9.17, 15) is 14.4 Å². The Morgan fingerprint density at radius 2 is 0.481 bits per heavy atom. The number of allylic oxidation sites excluding steroid dienone is 20. The van der Waals surface area contributed by atoms with Crippen LogP contribution in [0.3, 0.4) is 0 Å². The van der Waals surface area contributed by atoms with Crippen LogP contribution in [0, 0.1) is 0 Å². The molecule has 1 atom stereocenters. The molecule has 0 saturated carbocycles. The molecule has 6 heteroatoms. The van der Waals surface area contributed by atoms with E-state index < -0.39 is 6.10 Å². The number of ether oxygens (including phenoxy) is 3. The predicted molar refractivity (Wildman–Crippen MR) is 353 cm³/mol. The summed E-state index contributed by atoms with van der Waals surface area (Å²) in [6, 6.07) is 0. The van der Waals surface area contributed by atoms with Crippen LogP contribution in [0.25, 0.3) is 0 Å². The largest absolute Gasteiger partial charge is 0.462 e. The molecule has 0 radical (unpaired) electrons. The van der Waals surface area contributed by atoms with Crippen molar-refractivity contribution in [2.24, 2.45) is 0 Å². The first kappa shape index (κ1) is 76.8. The van der Waals surface area contributed by atoms with Crippen LogP contribution in [0.15, 0.2) is 122 Å². The minimum absolute atomic E-state index is 0.0901. The van der Waals surface area contributed by atoms with Crippen LogP contribution in [0.1, 0.15) is 316 Å². The van der Waals surface area contributed by atoms with Crippen LogP contribution in [0.2, 0.25) is 0 Å². The first-order valence-electron chi connectivity index (χ1n) is 34.0. The molecule has 0 aliphatic heterocycles. The molecule has 0 aromatic heterocycles. The molecule has 0 N–H and O–H groups in total. The summed E-state index contributed by atoms with van der Waals surface area (Å²) in [7, 11) is 0. The Labute approximate surface area is 501 Å². The lowest BCUT2D eigenvalue weighted by molar-refractivity contribution is -0.167. The monoisotopic (exact) mass is 1120 g/mol. The highest BCUT2D eigenvalue weighted by molar-refractivity contribution is 5.71. The molecule has 6 nitrogen and oxygen atoms in total. The number of hydrogen-bond donors (Lipinski definition) is 0. The van der Waals surface area contributed by atoms with E-state index in [4.69, 9.17) is 14.2 Å². The molecule has 0 aliphatic rings. The van der Waals surface area contributed by atoms with Gasteiger partial charge in [0.15, 0.2) is 6.10 Å². The Morgan fingerprint density at radius 3 is 0.765 bits per heavy atom. The number of rotatable bonds is 61. The van der Waals surface area contributed by atoms with Gasteiger partial charge in [-0.3, -0.25) is 14.4 Å². The summed E-state index contributed by atoms with van der Waals surface area (Å²) in [6.45, 7) is 6.38. The molecular weight excluding hydrogens is 997 g/mol. The summed E-state index contributed by atoms with van der Waals surface area (Å²) in [5.74, 6) is -0.920. The Balaban J connectivity index is 4.20. The van der Waals surface area contributed by atoms with E-state index in [1.165, 1.54) is 148 Å². The Hall–Kier alpha value is -4.19. The first-order valence-corrected chi connectivity index (χ1v) is 34.0. The molecule has 0 spiro atoms. The lowest BCUT2D eigenvalue weighted by Crippen LogP contribution is -2.30. The molecule has 462 valence electrons. The van der Waals surface area contributed by atoms with Crippen LogP contribution in [0.5, 0.6) is 0 Å². The molecule has 0 aromatic rings. The topological polar surface area (TPSA) is 78.9 Å². The van der Waals surface area contributed by atoms with Crippen LogP contribution >= 0.6 is 0 Å². The van der Waals surface area contributed by atoms with Crippen LogP contribution in [-0.4, -0.2) is 37.2 Å². The molecule has 0 rings (SSSR count). The highest BCUT2D eigenvalue weighted by Gasteiger charge is 2.19. The predicted octanol–water partition coefficient (Wildman–Crippen LogP) is 23.6. The Bertz CT molecular complexity index is 1670. The fourth-order valence-corrected chi connectivity index (χ4v) is 9.40. The molecule has 0 bridgehead atoms. The average molecular weight is 1120 g/mol. The Kier molecular flexibility index (Phi) is 64.8. The van der Waals surface area contributed by atoms with Crippen molar-refractivity contribution in [2.45, 2.75) is 322 Å². The van der Waals surface area contributed by atoms with Crippen LogP contribution < -0.4 is 0 Å². The SMILES string of the molecule is CC/C=C\C/C=C\C/C=C\C/C=C\C/C=C\CCCCCCCCCCCCCCCCCCCC(=O)OCC(COC(=O)CCCCC/C=C\C/C=C\C/C=C\CC)OC(=O)CCCCCCCCC/C=C\C/C=C\CCCCC. The van der Waals surface area contributed by atoms with E-state index in [-0.39, 0.29) is 31.1 Å². The zero-order chi connectivity index (χ0) is 58.5. The van der Waals surface area contributed by atoms with Crippen molar-refractivity contribution in [1.29, 1.82) is 0 Å². The summed E-state index contributed by atoms with van der Waals surface area (Å²) in [5, 5.41) is 0. The van der Waals surface area contributed by atoms with E-state index in [2.05, 4.69) is 142 Å². The molecular formula is C75H126O6. The third-order valence-electron chi connectivity index (χ3n) is 14.4. The summed E-state index contributed by atoms with van der Waals surface area (Å²) in [4.78, 5) is 38.3. The van der Waals surface area contributed by atoms with E-state index in [0.717, 1.165) is 128 Å². The highest BCUT2D eigenvalue weighted by Crippen LogP contribution is 2.17. The van der Waals surface area contributed by atoms with Crippen molar-refractivity contribution in [1.82, 2.24) is 0 Å². The second-order valence-corrected chi connectivity index (χ2v) is 22.3. The van der Waals surface area contributed by atoms with Gasteiger partial charge < -0.3 is 14.2 Å². The van der Waals surface area contributed by atoms with Crippen LogP contribution in [0.4, 0.5) is 0 Å². The van der Waals surface area contributed by atoms with Gasteiger partial charge in [0, 0.05) is 19.3 Å². The van der Waals surface area contributed by atoms with Crippen molar-refractivity contribution in [2.75, 3.05) is 13.2 Å². The van der Waals surface area contributed by atoms with Crippen LogP contribution in [-0.2, 0) is 28.6 Å². The van der Waals surface area contributed by atoms with Gasteiger partial charge >= 0.3 is 17.9 Å². The van der Waals surface area contributed by atoms with Crippen molar-refractivity contribution in [3.05, 3.63) is 122 Å². The number of carbonyl (C=O) groups is 3. The molecule has 1 unspecified atom stereocenters. The maximum absolute atomic E-state index is 12.9. The maximum atomic E-state index is 12.9. The second kappa shape index (κ2) is 68.3. The quantitative estimate of drug-likeness (QED) is 0.0261. The van der Waals surface area contributed by atoms with E-state index >= 15 is 0 Å². The third kappa shape index (κ3) is 66.5. The molecule has 81 heavy (non-hydrogen) atoms. The normalized spacial score (nSPS) is 12.9. The second-order valence-electron chi connectivity index (χ2n) is 22.3. The van der Waals surface area contributed by atoms with Gasteiger partial charge in [-0.2, -0.15) is 0 Å². The van der Waals surface area contributed by atoms with Gasteiger partial charge in [0.1, 0.15) is 13.2 Å². The lowest BCUT2D eigenvalue weighted by atomic mass is 10.0. The average Bonchev–Trinajstić information content (AvgIpc) is 3.46. The summed E-state index contributed by atoms with van der Waals surface area (Å²) in [5.41, 5.74) is 0. The molecule has 0 saturated heterocycles. The Morgan fingerprint density at radius 1 is 0.259 bits per heavy atom. The fourth-order valence-electron chi connectivity index (χ4n) is 9.40. The van der Waals surface area contributed by atoms with Crippen molar-refractivity contribution in [3.63, 3.8) is 0 Å². The highest BCUT2D eigenvalue weighted by atomic mass is 16.6. The number of unbranched alkanes of at least 4 members (excludes halogenated alkanes) is 30. The zero-order valence-electron chi connectivity index (χ0n) is 53.0. The minimum Gasteiger partial charge on any atom is -0.462 e. The van der Waals surface area contributed by atoms with E-state index in [1.807, 2.05) is 0 Å².